The summed E-state index contributed by atoms with van der Waals surface area (Å²) in [4.78, 5) is 26.0. The number of carbonyl (C=O) groups is 2. The van der Waals surface area contributed by atoms with E-state index in [2.05, 4.69) is 6.07 Å². The van der Waals surface area contributed by atoms with E-state index in [-0.39, 0.29) is 17.3 Å². The Balaban J connectivity index is 1.52. The molecule has 0 atom stereocenters. The molecule has 5 heteroatoms. The van der Waals surface area contributed by atoms with Crippen molar-refractivity contribution in [1.29, 1.82) is 0 Å². The zero-order valence-electron chi connectivity index (χ0n) is 15.2. The molecule has 2 aliphatic heterocycles. The highest BCUT2D eigenvalue weighted by Gasteiger charge is 2.46. The molecule has 0 unspecified atom stereocenters. The van der Waals surface area contributed by atoms with E-state index >= 15 is 0 Å². The zero-order chi connectivity index (χ0) is 17.8. The molecule has 0 saturated carbocycles. The lowest BCUT2D eigenvalue weighted by molar-refractivity contribution is 0.0152. The summed E-state index contributed by atoms with van der Waals surface area (Å²) >= 11 is 0. The third-order valence-electron chi connectivity index (χ3n) is 5.60. The molecule has 1 fully saturated rings. The van der Waals surface area contributed by atoms with Gasteiger partial charge in [0.1, 0.15) is 11.4 Å². The van der Waals surface area contributed by atoms with Crippen molar-refractivity contribution >= 4 is 11.9 Å². The highest BCUT2D eigenvalue weighted by Crippen LogP contribution is 2.49. The second-order valence-corrected chi connectivity index (χ2v) is 8.43. The van der Waals surface area contributed by atoms with Crippen LogP contribution in [0.15, 0.2) is 12.1 Å². The van der Waals surface area contributed by atoms with Crippen molar-refractivity contribution in [3.05, 3.63) is 28.8 Å². The van der Waals surface area contributed by atoms with Gasteiger partial charge in [0.15, 0.2) is 5.78 Å². The van der Waals surface area contributed by atoms with E-state index in [9.17, 15) is 9.59 Å². The molecular formula is C20H25NO4. The van der Waals surface area contributed by atoms with Crippen LogP contribution in [-0.4, -0.2) is 42.1 Å². The first-order chi connectivity index (χ1) is 11.8. The summed E-state index contributed by atoms with van der Waals surface area (Å²) in [6.07, 6.45) is 2.88. The Kier molecular flexibility index (Phi) is 3.60. The zero-order valence-corrected chi connectivity index (χ0v) is 15.2. The second kappa shape index (κ2) is 5.48. The summed E-state index contributed by atoms with van der Waals surface area (Å²) in [7, 11) is 0. The van der Waals surface area contributed by atoms with Crippen LogP contribution in [0.1, 0.15) is 61.5 Å². The monoisotopic (exact) mass is 343 g/mol. The number of hydrogen-bond acceptors (Lipinski definition) is 4. The number of fused-ring (bicyclic) bond motifs is 4. The number of Topliss-reactive ketones (excluding diaryl/α,β-unsaturated/α-hetero) is 1. The van der Waals surface area contributed by atoms with Crippen LogP contribution < -0.4 is 4.74 Å². The van der Waals surface area contributed by atoms with Crippen LogP contribution in [0.5, 0.6) is 5.75 Å². The number of rotatable bonds is 0. The van der Waals surface area contributed by atoms with E-state index in [1.54, 1.807) is 4.90 Å². The Morgan fingerprint density at radius 3 is 2.60 bits per heavy atom. The minimum Gasteiger partial charge on any atom is -0.492 e. The van der Waals surface area contributed by atoms with Crippen molar-refractivity contribution in [2.45, 2.75) is 57.5 Å². The predicted molar refractivity (Wildman–Crippen MR) is 93.3 cm³/mol. The molecule has 1 spiro atoms. The summed E-state index contributed by atoms with van der Waals surface area (Å²) in [5.74, 6) is 1.16. The number of likely N-dealkylation sites (tertiary alicyclic amines) is 1. The maximum atomic E-state index is 12.3. The fraction of sp³-hybridized carbons (Fsp3) is 0.600. The third-order valence-corrected chi connectivity index (χ3v) is 5.60. The average molecular weight is 343 g/mol. The minimum absolute atomic E-state index is 0.0332. The number of amides is 1. The lowest BCUT2D eigenvalue weighted by atomic mass is 9.74. The van der Waals surface area contributed by atoms with Crippen LogP contribution in [0.25, 0.3) is 0 Å². The fourth-order valence-electron chi connectivity index (χ4n) is 4.24. The number of ether oxygens (including phenoxy) is 2. The number of ketones is 1. The topological polar surface area (TPSA) is 55.8 Å². The minimum atomic E-state index is -0.470. The first kappa shape index (κ1) is 16.4. The van der Waals surface area contributed by atoms with Crippen molar-refractivity contribution in [2.24, 2.45) is 0 Å². The Morgan fingerprint density at radius 1 is 1.20 bits per heavy atom. The van der Waals surface area contributed by atoms with E-state index < -0.39 is 5.60 Å². The van der Waals surface area contributed by atoms with Gasteiger partial charge in [0, 0.05) is 41.6 Å². The van der Waals surface area contributed by atoms with E-state index in [4.69, 9.17) is 9.47 Å². The summed E-state index contributed by atoms with van der Waals surface area (Å²) < 4.78 is 11.6. The molecule has 0 radical (unpaired) electrons. The molecule has 1 aromatic rings. The number of carbonyl (C=O) groups excluding carboxylic acids is 2. The van der Waals surface area contributed by atoms with Crippen LogP contribution in [0.3, 0.4) is 0 Å². The van der Waals surface area contributed by atoms with Crippen LogP contribution in [-0.2, 0) is 16.6 Å². The third kappa shape index (κ3) is 2.70. The van der Waals surface area contributed by atoms with E-state index in [0.29, 0.717) is 26.1 Å². The van der Waals surface area contributed by atoms with Crippen LogP contribution in [0, 0.1) is 0 Å². The van der Waals surface area contributed by atoms with Crippen LogP contribution in [0.4, 0.5) is 4.79 Å². The Hall–Kier alpha value is -2.04. The number of benzene rings is 1. The molecular weight excluding hydrogens is 318 g/mol. The predicted octanol–water partition coefficient (Wildman–Crippen LogP) is 3.48. The van der Waals surface area contributed by atoms with Gasteiger partial charge >= 0.3 is 6.09 Å². The van der Waals surface area contributed by atoms with Crippen molar-refractivity contribution in [3.8, 4) is 5.75 Å². The molecule has 4 rings (SSSR count). The van der Waals surface area contributed by atoms with Crippen LogP contribution in [0.2, 0.25) is 0 Å². The summed E-state index contributed by atoms with van der Waals surface area (Å²) in [6, 6.07) is 4.05. The molecule has 0 N–H and O–H groups in total. The molecule has 1 aliphatic carbocycles. The van der Waals surface area contributed by atoms with Gasteiger partial charge in [-0.3, -0.25) is 4.79 Å². The van der Waals surface area contributed by atoms with Gasteiger partial charge in [-0.2, -0.15) is 0 Å². The van der Waals surface area contributed by atoms with Crippen LogP contribution >= 0.6 is 0 Å². The normalized spacial score (nSPS) is 21.1. The Morgan fingerprint density at radius 2 is 1.92 bits per heavy atom. The second-order valence-electron chi connectivity index (χ2n) is 8.43. The SMILES string of the molecule is CC(C)(C)OC(=O)N1CCC2(CC1)COc1c2ccc2c1CCC2=O. The molecule has 1 aromatic carbocycles. The van der Waals surface area contributed by atoms with Crippen molar-refractivity contribution in [1.82, 2.24) is 4.90 Å². The summed E-state index contributed by atoms with van der Waals surface area (Å²) in [6.45, 7) is 7.66. The molecule has 0 bridgehead atoms. The van der Waals surface area contributed by atoms with Crippen molar-refractivity contribution in [2.75, 3.05) is 19.7 Å². The van der Waals surface area contributed by atoms with Gasteiger partial charge in [-0.15, -0.1) is 0 Å². The van der Waals surface area contributed by atoms with Gasteiger partial charge in [0.2, 0.25) is 0 Å². The maximum Gasteiger partial charge on any atom is 0.410 e. The number of piperidine rings is 1. The van der Waals surface area contributed by atoms with Crippen molar-refractivity contribution in [3.63, 3.8) is 0 Å². The molecule has 2 heterocycles. The number of hydrogen-bond donors (Lipinski definition) is 0. The van der Waals surface area contributed by atoms with E-state index in [0.717, 1.165) is 36.1 Å². The molecule has 1 amide bonds. The van der Waals surface area contributed by atoms with Gasteiger partial charge in [0.25, 0.3) is 0 Å². The maximum absolute atomic E-state index is 12.3. The Bertz CT molecular complexity index is 739. The highest BCUT2D eigenvalue weighted by atomic mass is 16.6. The van der Waals surface area contributed by atoms with Gasteiger partial charge < -0.3 is 14.4 Å². The average Bonchev–Trinajstić information content (AvgIpc) is 3.09. The summed E-state index contributed by atoms with van der Waals surface area (Å²) in [5, 5.41) is 0. The quantitative estimate of drug-likeness (QED) is 0.724. The largest absolute Gasteiger partial charge is 0.492 e. The van der Waals surface area contributed by atoms with E-state index in [1.165, 1.54) is 5.56 Å². The van der Waals surface area contributed by atoms with Gasteiger partial charge in [0.05, 0.1) is 6.61 Å². The van der Waals surface area contributed by atoms with Gasteiger partial charge in [-0.25, -0.2) is 4.79 Å². The molecule has 134 valence electrons. The molecule has 3 aliphatic rings. The lowest BCUT2D eigenvalue weighted by Gasteiger charge is -2.38. The van der Waals surface area contributed by atoms with E-state index in [1.807, 2.05) is 26.8 Å². The molecule has 5 nitrogen and oxygen atoms in total. The summed E-state index contributed by atoms with van der Waals surface area (Å²) in [5.41, 5.74) is 2.65. The van der Waals surface area contributed by atoms with Crippen molar-refractivity contribution < 1.29 is 19.1 Å². The number of nitrogens with zero attached hydrogens (tertiary/aromatic N) is 1. The molecule has 1 saturated heterocycles. The first-order valence-electron chi connectivity index (χ1n) is 9.09. The fourth-order valence-corrected chi connectivity index (χ4v) is 4.24. The standard InChI is InChI=1S/C20H25NO4/c1-19(2,3)25-18(23)21-10-8-20(9-11-21)12-24-17-14-5-7-16(22)13(14)4-6-15(17)20/h4,6H,5,7-12H2,1-3H3. The first-order valence-corrected chi connectivity index (χ1v) is 9.09. The molecule has 25 heavy (non-hydrogen) atoms. The van der Waals surface area contributed by atoms with Gasteiger partial charge in [-0.05, 0) is 40.0 Å². The molecule has 0 aromatic heterocycles. The Labute approximate surface area is 148 Å². The smallest absolute Gasteiger partial charge is 0.410 e. The lowest BCUT2D eigenvalue weighted by Crippen LogP contribution is -2.47. The highest BCUT2D eigenvalue weighted by molar-refractivity contribution is 6.01. The van der Waals surface area contributed by atoms with Gasteiger partial charge in [-0.1, -0.05) is 12.1 Å².